The normalized spacial score (nSPS) is 18.4. The molecule has 0 saturated carbocycles. The maximum absolute atomic E-state index is 11.1. The zero-order valence-corrected chi connectivity index (χ0v) is 17.3. The van der Waals surface area contributed by atoms with Crippen molar-refractivity contribution in [2.45, 2.75) is 26.7 Å². The minimum absolute atomic E-state index is 0.0534. The summed E-state index contributed by atoms with van der Waals surface area (Å²) >= 11 is 0. The molecular weight excluding hydrogens is 360 g/mol. The minimum atomic E-state index is -0.0534. The molecule has 0 heterocycles. The van der Waals surface area contributed by atoms with Crippen LogP contribution in [0.3, 0.4) is 0 Å². The van der Waals surface area contributed by atoms with Gasteiger partial charge in [-0.1, -0.05) is 13.8 Å². The Morgan fingerprint density at radius 2 is 1.04 bits per heavy atom. The first kappa shape index (κ1) is 20.0. The van der Waals surface area contributed by atoms with Crippen molar-refractivity contribution in [1.82, 2.24) is 0 Å². The second-order valence-corrected chi connectivity index (χ2v) is 7.35. The van der Waals surface area contributed by atoms with Crippen LogP contribution in [0.25, 0.3) is 11.1 Å². The highest BCUT2D eigenvalue weighted by molar-refractivity contribution is 5.87. The Kier molecular flexibility index (Phi) is 5.49. The summed E-state index contributed by atoms with van der Waals surface area (Å²) < 4.78 is 21.6. The second-order valence-electron chi connectivity index (χ2n) is 7.35. The lowest BCUT2D eigenvalue weighted by Crippen LogP contribution is -2.17. The molecule has 0 amide bonds. The standard InChI is InChI=1S/C22H28O6/c1-11-7-13-9-15(25-3)21(27-5)19(23)17(13)18-14(8-12(11)2)10-16(26-4)22(28-6)20(18)24/h9-12,23-24H,7-8H2,1-6H3. The van der Waals surface area contributed by atoms with Gasteiger partial charge in [0.1, 0.15) is 0 Å². The van der Waals surface area contributed by atoms with Crippen LogP contribution >= 0.6 is 0 Å². The van der Waals surface area contributed by atoms with Crippen LogP contribution in [0.2, 0.25) is 0 Å². The van der Waals surface area contributed by atoms with Crippen molar-refractivity contribution in [3.05, 3.63) is 23.3 Å². The van der Waals surface area contributed by atoms with E-state index in [0.717, 1.165) is 24.0 Å². The first-order valence-electron chi connectivity index (χ1n) is 9.31. The van der Waals surface area contributed by atoms with E-state index in [1.165, 1.54) is 28.4 Å². The molecule has 1 aliphatic rings. The zero-order chi connectivity index (χ0) is 20.6. The van der Waals surface area contributed by atoms with Crippen LogP contribution in [0.15, 0.2) is 12.1 Å². The topological polar surface area (TPSA) is 77.4 Å². The van der Waals surface area contributed by atoms with Gasteiger partial charge in [-0.15, -0.1) is 0 Å². The van der Waals surface area contributed by atoms with Gasteiger partial charge in [-0.2, -0.15) is 0 Å². The molecule has 0 aliphatic heterocycles. The Morgan fingerprint density at radius 1 is 0.679 bits per heavy atom. The van der Waals surface area contributed by atoms with Gasteiger partial charge >= 0.3 is 0 Å². The van der Waals surface area contributed by atoms with Crippen LogP contribution < -0.4 is 18.9 Å². The summed E-state index contributed by atoms with van der Waals surface area (Å²) in [7, 11) is 6.04. The number of hydrogen-bond donors (Lipinski definition) is 2. The number of phenols is 2. The lowest BCUT2D eigenvalue weighted by atomic mass is 9.77. The van der Waals surface area contributed by atoms with Crippen molar-refractivity contribution >= 4 is 0 Å². The Morgan fingerprint density at radius 3 is 1.32 bits per heavy atom. The fourth-order valence-electron chi connectivity index (χ4n) is 4.03. The van der Waals surface area contributed by atoms with Gasteiger partial charge in [0.2, 0.25) is 11.5 Å². The molecule has 2 unspecified atom stereocenters. The molecule has 2 N–H and O–H groups in total. The van der Waals surface area contributed by atoms with Crippen molar-refractivity contribution in [3.63, 3.8) is 0 Å². The third kappa shape index (κ3) is 3.07. The Balaban J connectivity index is 2.44. The quantitative estimate of drug-likeness (QED) is 0.819. The summed E-state index contributed by atoms with van der Waals surface area (Å²) in [5.74, 6) is 2.01. The molecule has 6 heteroatoms. The van der Waals surface area contributed by atoms with Crippen LogP contribution in [-0.2, 0) is 12.8 Å². The van der Waals surface area contributed by atoms with Crippen molar-refractivity contribution < 1.29 is 29.2 Å². The van der Waals surface area contributed by atoms with Gasteiger partial charge in [0, 0.05) is 11.1 Å². The van der Waals surface area contributed by atoms with Crippen molar-refractivity contribution in [1.29, 1.82) is 0 Å². The van der Waals surface area contributed by atoms with E-state index < -0.39 is 0 Å². The molecule has 0 fully saturated rings. The Labute approximate surface area is 165 Å². The van der Waals surface area contributed by atoms with Crippen molar-refractivity contribution in [2.24, 2.45) is 11.8 Å². The maximum Gasteiger partial charge on any atom is 0.203 e. The highest BCUT2D eigenvalue weighted by Gasteiger charge is 2.31. The molecule has 0 bridgehead atoms. The number of hydrogen-bond acceptors (Lipinski definition) is 6. The molecule has 152 valence electrons. The highest BCUT2D eigenvalue weighted by atomic mass is 16.5. The summed E-state index contributed by atoms with van der Waals surface area (Å²) in [5, 5.41) is 22.2. The summed E-state index contributed by atoms with van der Waals surface area (Å²) in [6.07, 6.45) is 1.47. The van der Waals surface area contributed by atoms with Gasteiger partial charge < -0.3 is 29.2 Å². The van der Waals surface area contributed by atoms with Gasteiger partial charge in [0.05, 0.1) is 28.4 Å². The van der Waals surface area contributed by atoms with E-state index in [2.05, 4.69) is 13.8 Å². The number of aromatic hydroxyl groups is 2. The van der Waals surface area contributed by atoms with Gasteiger partial charge in [0.15, 0.2) is 23.0 Å². The van der Waals surface area contributed by atoms with Crippen LogP contribution in [0, 0.1) is 11.8 Å². The van der Waals surface area contributed by atoms with Crippen LogP contribution in [0.4, 0.5) is 0 Å². The molecular formula is C22H28O6. The van der Waals surface area contributed by atoms with Gasteiger partial charge in [-0.05, 0) is 47.9 Å². The highest BCUT2D eigenvalue weighted by Crippen LogP contribution is 2.54. The monoisotopic (exact) mass is 388 g/mol. The molecule has 0 spiro atoms. The third-order valence-electron chi connectivity index (χ3n) is 5.76. The van der Waals surface area contributed by atoms with E-state index in [1.54, 1.807) is 0 Å². The second kappa shape index (κ2) is 7.70. The fraction of sp³-hybridized carbons (Fsp3) is 0.455. The number of phenolic OH excluding ortho intramolecular Hbond substituents is 2. The number of fused-ring (bicyclic) bond motifs is 3. The summed E-state index contributed by atoms with van der Waals surface area (Å²) in [5.41, 5.74) is 2.87. The van der Waals surface area contributed by atoms with Gasteiger partial charge in [-0.25, -0.2) is 0 Å². The molecule has 0 saturated heterocycles. The lowest BCUT2D eigenvalue weighted by Gasteiger charge is -2.29. The van der Waals surface area contributed by atoms with E-state index in [1.807, 2.05) is 12.1 Å². The number of methoxy groups -OCH3 is 4. The molecule has 2 atom stereocenters. The van der Waals surface area contributed by atoms with Gasteiger partial charge in [0.25, 0.3) is 0 Å². The zero-order valence-electron chi connectivity index (χ0n) is 17.3. The molecule has 3 rings (SSSR count). The van der Waals surface area contributed by atoms with E-state index in [0.29, 0.717) is 34.5 Å². The van der Waals surface area contributed by atoms with Crippen molar-refractivity contribution in [3.8, 4) is 45.6 Å². The first-order valence-corrected chi connectivity index (χ1v) is 9.31. The van der Waals surface area contributed by atoms with Crippen LogP contribution in [0.5, 0.6) is 34.5 Å². The predicted molar refractivity (Wildman–Crippen MR) is 107 cm³/mol. The number of rotatable bonds is 4. The lowest BCUT2D eigenvalue weighted by molar-refractivity contribution is 0.326. The minimum Gasteiger partial charge on any atom is -0.504 e. The SMILES string of the molecule is COc1cc2c(c(O)c1OC)-c1c(cc(OC)c(OC)c1O)CC(C)C(C)C2. The first-order chi connectivity index (χ1) is 13.4. The summed E-state index contributed by atoms with van der Waals surface area (Å²) in [6, 6.07) is 3.75. The molecule has 0 aromatic heterocycles. The number of benzene rings is 2. The Bertz CT molecular complexity index is 816. The Hall–Kier alpha value is -2.76. The van der Waals surface area contributed by atoms with Crippen LogP contribution in [0.1, 0.15) is 25.0 Å². The molecule has 2 aromatic rings. The molecule has 28 heavy (non-hydrogen) atoms. The predicted octanol–water partition coefficient (Wildman–Crippen LogP) is 4.17. The largest absolute Gasteiger partial charge is 0.504 e. The number of ether oxygens (including phenoxy) is 4. The van der Waals surface area contributed by atoms with Crippen molar-refractivity contribution in [2.75, 3.05) is 28.4 Å². The fourth-order valence-corrected chi connectivity index (χ4v) is 4.03. The van der Waals surface area contributed by atoms with E-state index in [9.17, 15) is 10.2 Å². The van der Waals surface area contributed by atoms with E-state index in [4.69, 9.17) is 18.9 Å². The summed E-state index contributed by atoms with van der Waals surface area (Å²) in [4.78, 5) is 0. The molecule has 0 radical (unpaired) electrons. The maximum atomic E-state index is 11.1. The van der Waals surface area contributed by atoms with Gasteiger partial charge in [-0.3, -0.25) is 0 Å². The smallest absolute Gasteiger partial charge is 0.203 e. The van der Waals surface area contributed by atoms with Crippen LogP contribution in [-0.4, -0.2) is 38.7 Å². The van der Waals surface area contributed by atoms with E-state index >= 15 is 0 Å². The molecule has 6 nitrogen and oxygen atoms in total. The average molecular weight is 388 g/mol. The molecule has 2 aromatic carbocycles. The summed E-state index contributed by atoms with van der Waals surface area (Å²) in [6.45, 7) is 4.38. The van der Waals surface area contributed by atoms with E-state index in [-0.39, 0.29) is 23.0 Å². The third-order valence-corrected chi connectivity index (χ3v) is 5.76. The molecule has 1 aliphatic carbocycles. The average Bonchev–Trinajstić information content (AvgIpc) is 2.67.